The van der Waals surface area contributed by atoms with Crippen LogP contribution in [-0.2, 0) is 11.2 Å². The van der Waals surface area contributed by atoms with Crippen LogP contribution >= 0.6 is 23.2 Å². The van der Waals surface area contributed by atoms with Gasteiger partial charge in [-0.2, -0.15) is 0 Å². The van der Waals surface area contributed by atoms with Crippen LogP contribution in [0.2, 0.25) is 10.0 Å². The maximum Gasteiger partial charge on any atom is 0.110 e. The van der Waals surface area contributed by atoms with E-state index in [4.69, 9.17) is 27.9 Å². The zero-order valence-electron chi connectivity index (χ0n) is 6.89. The van der Waals surface area contributed by atoms with Gasteiger partial charge in [0.25, 0.3) is 0 Å². The highest BCUT2D eigenvalue weighted by molar-refractivity contribution is 6.35. The molecule has 1 aliphatic heterocycles. The van der Waals surface area contributed by atoms with Crippen molar-refractivity contribution in [1.29, 1.82) is 0 Å². The molecule has 2 aliphatic rings. The zero-order valence-corrected chi connectivity index (χ0v) is 8.40. The molecule has 0 N–H and O–H groups in total. The van der Waals surface area contributed by atoms with Gasteiger partial charge in [0.15, 0.2) is 0 Å². The molecule has 1 aromatic rings. The number of halogens is 2. The third-order valence-electron chi connectivity index (χ3n) is 2.76. The number of fused-ring (bicyclic) bond motifs is 3. The van der Waals surface area contributed by atoms with Gasteiger partial charge < -0.3 is 4.74 Å². The molecule has 0 amide bonds. The molecular weight excluding hydrogens is 207 g/mol. The van der Waals surface area contributed by atoms with E-state index in [1.54, 1.807) is 0 Å². The predicted octanol–water partition coefficient (Wildman–Crippen LogP) is 3.38. The summed E-state index contributed by atoms with van der Waals surface area (Å²) in [7, 11) is 0. The Morgan fingerprint density at radius 1 is 1.31 bits per heavy atom. The van der Waals surface area contributed by atoms with Gasteiger partial charge in [-0.1, -0.05) is 23.2 Å². The standard InChI is InChI=1S/C10H8Cl2O/c11-5-3-7-6(8(12)4-5)1-2-9-10(7)13-9/h3-4,9-10H,1-2H2/t9-,10-/m1/s1. The van der Waals surface area contributed by atoms with Crippen molar-refractivity contribution in [3.63, 3.8) is 0 Å². The number of hydrogen-bond donors (Lipinski definition) is 0. The third kappa shape index (κ3) is 1.18. The van der Waals surface area contributed by atoms with Crippen molar-refractivity contribution in [2.75, 3.05) is 0 Å². The summed E-state index contributed by atoms with van der Waals surface area (Å²) in [6.07, 6.45) is 2.83. The largest absolute Gasteiger partial charge is 0.364 e. The fourth-order valence-electron chi connectivity index (χ4n) is 2.06. The van der Waals surface area contributed by atoms with E-state index in [0.717, 1.165) is 17.9 Å². The van der Waals surface area contributed by atoms with Crippen molar-refractivity contribution in [2.24, 2.45) is 0 Å². The number of benzene rings is 1. The van der Waals surface area contributed by atoms with Crippen LogP contribution in [0.5, 0.6) is 0 Å². The molecule has 0 saturated carbocycles. The number of rotatable bonds is 0. The Labute approximate surface area is 86.6 Å². The Hall–Kier alpha value is -0.240. The van der Waals surface area contributed by atoms with Crippen LogP contribution in [0.4, 0.5) is 0 Å². The smallest absolute Gasteiger partial charge is 0.110 e. The Morgan fingerprint density at radius 2 is 2.15 bits per heavy atom. The maximum absolute atomic E-state index is 6.09. The van der Waals surface area contributed by atoms with E-state index in [2.05, 4.69) is 0 Å². The van der Waals surface area contributed by atoms with Gasteiger partial charge in [0.1, 0.15) is 6.10 Å². The van der Waals surface area contributed by atoms with E-state index >= 15 is 0 Å². The van der Waals surface area contributed by atoms with Gasteiger partial charge in [-0.15, -0.1) is 0 Å². The molecule has 0 unspecified atom stereocenters. The summed E-state index contributed by atoms with van der Waals surface area (Å²) < 4.78 is 5.50. The molecule has 0 aromatic heterocycles. The normalized spacial score (nSPS) is 29.4. The topological polar surface area (TPSA) is 12.5 Å². The lowest BCUT2D eigenvalue weighted by atomic mass is 9.92. The summed E-state index contributed by atoms with van der Waals surface area (Å²) in [5.41, 5.74) is 2.43. The van der Waals surface area contributed by atoms with Crippen LogP contribution in [-0.4, -0.2) is 6.10 Å². The van der Waals surface area contributed by atoms with E-state index < -0.39 is 0 Å². The molecule has 13 heavy (non-hydrogen) atoms. The van der Waals surface area contributed by atoms with E-state index in [0.29, 0.717) is 11.1 Å². The van der Waals surface area contributed by atoms with Crippen LogP contribution in [0.15, 0.2) is 12.1 Å². The van der Waals surface area contributed by atoms with Crippen molar-refractivity contribution in [3.05, 3.63) is 33.3 Å². The number of epoxide rings is 1. The molecule has 1 nitrogen and oxygen atoms in total. The summed E-state index contributed by atoms with van der Waals surface area (Å²) >= 11 is 12.0. The minimum atomic E-state index is 0.278. The molecule has 3 heteroatoms. The van der Waals surface area contributed by atoms with Crippen LogP contribution in [0.3, 0.4) is 0 Å². The van der Waals surface area contributed by atoms with Crippen molar-refractivity contribution >= 4 is 23.2 Å². The lowest BCUT2D eigenvalue weighted by Gasteiger charge is -2.13. The van der Waals surface area contributed by atoms with E-state index in [-0.39, 0.29) is 6.10 Å². The van der Waals surface area contributed by atoms with Crippen LogP contribution in [0, 0.1) is 0 Å². The van der Waals surface area contributed by atoms with Gasteiger partial charge in [-0.25, -0.2) is 0 Å². The highest BCUT2D eigenvalue weighted by Crippen LogP contribution is 2.49. The molecule has 0 radical (unpaired) electrons. The van der Waals surface area contributed by atoms with Gasteiger partial charge in [0, 0.05) is 10.0 Å². The molecule has 0 spiro atoms. The quantitative estimate of drug-likeness (QED) is 0.604. The first-order valence-electron chi connectivity index (χ1n) is 4.39. The first-order valence-corrected chi connectivity index (χ1v) is 5.14. The highest BCUT2D eigenvalue weighted by atomic mass is 35.5. The lowest BCUT2D eigenvalue weighted by Crippen LogP contribution is -2.04. The first kappa shape index (κ1) is 8.10. The van der Waals surface area contributed by atoms with E-state index in [9.17, 15) is 0 Å². The summed E-state index contributed by atoms with van der Waals surface area (Å²) in [6.45, 7) is 0. The zero-order chi connectivity index (χ0) is 9.00. The van der Waals surface area contributed by atoms with Gasteiger partial charge in [0.05, 0.1) is 6.10 Å². The summed E-state index contributed by atoms with van der Waals surface area (Å²) in [5.74, 6) is 0. The fraction of sp³-hybridized carbons (Fsp3) is 0.400. The van der Waals surface area contributed by atoms with Crippen molar-refractivity contribution in [3.8, 4) is 0 Å². The third-order valence-corrected chi connectivity index (χ3v) is 3.32. The monoisotopic (exact) mass is 214 g/mol. The molecule has 1 fully saturated rings. The van der Waals surface area contributed by atoms with Crippen molar-refractivity contribution in [2.45, 2.75) is 25.0 Å². The number of hydrogen-bond acceptors (Lipinski definition) is 1. The maximum atomic E-state index is 6.09. The number of ether oxygens (including phenoxy) is 1. The van der Waals surface area contributed by atoms with Crippen molar-refractivity contribution in [1.82, 2.24) is 0 Å². The van der Waals surface area contributed by atoms with Gasteiger partial charge in [-0.3, -0.25) is 0 Å². The average molecular weight is 215 g/mol. The van der Waals surface area contributed by atoms with Crippen LogP contribution in [0.1, 0.15) is 23.7 Å². The van der Waals surface area contributed by atoms with Crippen LogP contribution in [0.25, 0.3) is 0 Å². The Kier molecular flexibility index (Phi) is 1.64. The molecule has 0 bridgehead atoms. The van der Waals surface area contributed by atoms with Gasteiger partial charge in [0.2, 0.25) is 0 Å². The second-order valence-corrected chi connectivity index (χ2v) is 4.43. The Morgan fingerprint density at radius 3 is 3.00 bits per heavy atom. The molecule has 68 valence electrons. The molecule has 3 rings (SSSR count). The molecule has 1 aromatic carbocycles. The molecule has 1 saturated heterocycles. The minimum Gasteiger partial charge on any atom is -0.364 e. The Bertz CT molecular complexity index is 375. The predicted molar refractivity (Wildman–Crippen MR) is 52.4 cm³/mol. The van der Waals surface area contributed by atoms with E-state index in [1.165, 1.54) is 11.1 Å². The lowest BCUT2D eigenvalue weighted by molar-refractivity contribution is 0.373. The second-order valence-electron chi connectivity index (χ2n) is 3.59. The summed E-state index contributed by atoms with van der Waals surface area (Å²) in [5, 5.41) is 1.50. The molecule has 2 atom stereocenters. The molecule has 1 heterocycles. The van der Waals surface area contributed by atoms with Crippen molar-refractivity contribution < 1.29 is 4.74 Å². The van der Waals surface area contributed by atoms with E-state index in [1.807, 2.05) is 12.1 Å². The highest BCUT2D eigenvalue weighted by Gasteiger charge is 2.44. The average Bonchev–Trinajstić information content (AvgIpc) is 2.82. The van der Waals surface area contributed by atoms with Gasteiger partial charge in [-0.05, 0) is 36.1 Å². The first-order chi connectivity index (χ1) is 6.25. The molecule has 1 aliphatic carbocycles. The SMILES string of the molecule is Clc1cc(Cl)c2c(c1)[C@H]1O[C@@H]1CC2. The minimum absolute atomic E-state index is 0.278. The molecular formula is C10H8Cl2O. The summed E-state index contributed by atoms with van der Waals surface area (Å²) in [4.78, 5) is 0. The van der Waals surface area contributed by atoms with Gasteiger partial charge >= 0.3 is 0 Å². The fourth-order valence-corrected chi connectivity index (χ4v) is 2.67. The summed E-state index contributed by atoms with van der Waals surface area (Å²) in [6, 6.07) is 3.79. The Balaban J connectivity index is 2.19. The van der Waals surface area contributed by atoms with Crippen LogP contribution < -0.4 is 0 Å². The second kappa shape index (κ2) is 2.63.